The number of carbonyl (C=O) groups is 1. The summed E-state index contributed by atoms with van der Waals surface area (Å²) in [6.07, 6.45) is 8.66. The van der Waals surface area contributed by atoms with Gasteiger partial charge < -0.3 is 10.2 Å². The lowest BCUT2D eigenvalue weighted by Gasteiger charge is -2.28. The molecule has 0 bridgehead atoms. The van der Waals surface area contributed by atoms with Crippen LogP contribution in [0.25, 0.3) is 5.52 Å². The molecule has 1 aliphatic heterocycles. The van der Waals surface area contributed by atoms with Crippen molar-refractivity contribution in [1.29, 1.82) is 0 Å². The summed E-state index contributed by atoms with van der Waals surface area (Å²) in [6.45, 7) is 0.763. The molecule has 192 valence electrons. The molecule has 1 saturated heterocycles. The SMILES string of the molecule is Cn1nnnc1[C@H]1CC[C@H](NC(=O)c2cnn3ccc(N4CCC[C@@H]4c4cc(F)cc(F)c4)cc23)CC1. The van der Waals surface area contributed by atoms with Crippen LogP contribution >= 0.6 is 0 Å². The molecule has 0 unspecified atom stereocenters. The zero-order valence-electron chi connectivity index (χ0n) is 20.5. The van der Waals surface area contributed by atoms with Gasteiger partial charge in [-0.15, -0.1) is 5.10 Å². The van der Waals surface area contributed by atoms with Gasteiger partial charge in [-0.05, 0) is 78.8 Å². The van der Waals surface area contributed by atoms with Crippen molar-refractivity contribution in [3.05, 3.63) is 71.3 Å². The van der Waals surface area contributed by atoms with Crippen LogP contribution in [0, 0.1) is 11.6 Å². The van der Waals surface area contributed by atoms with Crippen molar-refractivity contribution < 1.29 is 13.6 Å². The zero-order valence-corrected chi connectivity index (χ0v) is 20.5. The Balaban J connectivity index is 1.18. The first-order valence-corrected chi connectivity index (χ1v) is 12.7. The van der Waals surface area contributed by atoms with Gasteiger partial charge in [0.05, 0.1) is 23.3 Å². The molecule has 6 rings (SSSR count). The average Bonchev–Trinajstić information content (AvgIpc) is 3.63. The fourth-order valence-electron chi connectivity index (χ4n) is 5.85. The summed E-state index contributed by atoms with van der Waals surface area (Å²) in [4.78, 5) is 15.4. The van der Waals surface area contributed by atoms with Crippen molar-refractivity contribution >= 4 is 17.1 Å². The number of aromatic nitrogens is 6. The first-order chi connectivity index (χ1) is 18.0. The molecule has 4 heterocycles. The number of carbonyl (C=O) groups excluding carboxylic acids is 1. The maximum absolute atomic E-state index is 13.9. The first-order valence-electron chi connectivity index (χ1n) is 12.7. The molecule has 0 spiro atoms. The lowest BCUT2D eigenvalue weighted by atomic mass is 9.85. The molecule has 1 aliphatic carbocycles. The van der Waals surface area contributed by atoms with Gasteiger partial charge >= 0.3 is 0 Å². The largest absolute Gasteiger partial charge is 0.364 e. The Kier molecular flexibility index (Phi) is 6.05. The molecule has 0 radical (unpaired) electrons. The summed E-state index contributed by atoms with van der Waals surface area (Å²) in [5.74, 6) is -0.112. The van der Waals surface area contributed by atoms with Crippen molar-refractivity contribution in [3.8, 4) is 0 Å². The van der Waals surface area contributed by atoms with E-state index in [1.807, 2.05) is 25.4 Å². The molecule has 4 aromatic rings. The average molecular weight is 507 g/mol. The van der Waals surface area contributed by atoms with Gasteiger partial charge in [0.2, 0.25) is 0 Å². The van der Waals surface area contributed by atoms with E-state index >= 15 is 0 Å². The Bertz CT molecular complexity index is 1420. The molecule has 1 atom stereocenters. The number of halogens is 2. The number of benzene rings is 1. The van der Waals surface area contributed by atoms with Crippen LogP contribution in [0.3, 0.4) is 0 Å². The van der Waals surface area contributed by atoms with E-state index in [1.165, 1.54) is 12.1 Å². The molecule has 3 aromatic heterocycles. The molecule has 37 heavy (non-hydrogen) atoms. The molecular weight excluding hydrogens is 478 g/mol. The number of fused-ring (bicyclic) bond motifs is 1. The molecule has 11 heteroatoms. The maximum atomic E-state index is 13.9. The minimum absolute atomic E-state index is 0.0777. The number of nitrogens with one attached hydrogen (secondary N) is 1. The summed E-state index contributed by atoms with van der Waals surface area (Å²) in [7, 11) is 1.85. The number of anilines is 1. The van der Waals surface area contributed by atoms with Gasteiger partial charge in [0.25, 0.3) is 5.91 Å². The molecule has 2 fully saturated rings. The van der Waals surface area contributed by atoms with Gasteiger partial charge in [-0.25, -0.2) is 18.0 Å². The quantitative estimate of drug-likeness (QED) is 0.441. The highest BCUT2D eigenvalue weighted by Crippen LogP contribution is 2.37. The number of pyridine rings is 1. The van der Waals surface area contributed by atoms with Gasteiger partial charge in [0.1, 0.15) is 11.6 Å². The fourth-order valence-corrected chi connectivity index (χ4v) is 5.85. The molecular formula is C26H28F2N8O. The van der Waals surface area contributed by atoms with E-state index in [-0.39, 0.29) is 18.0 Å². The summed E-state index contributed by atoms with van der Waals surface area (Å²) in [5.41, 5.74) is 2.72. The Morgan fingerprint density at radius 3 is 2.57 bits per heavy atom. The molecule has 2 aliphatic rings. The van der Waals surface area contributed by atoms with Gasteiger partial charge in [0.15, 0.2) is 5.82 Å². The lowest BCUT2D eigenvalue weighted by molar-refractivity contribution is 0.0927. The van der Waals surface area contributed by atoms with E-state index < -0.39 is 11.6 Å². The van der Waals surface area contributed by atoms with E-state index in [2.05, 4.69) is 30.8 Å². The number of aryl methyl sites for hydroxylation is 1. The predicted molar refractivity (Wildman–Crippen MR) is 132 cm³/mol. The molecule has 1 N–H and O–H groups in total. The van der Waals surface area contributed by atoms with Crippen molar-refractivity contribution in [1.82, 2.24) is 35.1 Å². The maximum Gasteiger partial charge on any atom is 0.255 e. The summed E-state index contributed by atoms with van der Waals surface area (Å²) >= 11 is 0. The van der Waals surface area contributed by atoms with Crippen molar-refractivity contribution in [2.24, 2.45) is 7.05 Å². The summed E-state index contributed by atoms with van der Waals surface area (Å²) in [5, 5.41) is 19.4. The number of rotatable bonds is 5. The highest BCUT2D eigenvalue weighted by Gasteiger charge is 2.29. The normalized spacial score (nSPS) is 22.0. The summed E-state index contributed by atoms with van der Waals surface area (Å²) in [6, 6.07) is 7.51. The second-order valence-electron chi connectivity index (χ2n) is 10.0. The topological polar surface area (TPSA) is 93.2 Å². The Morgan fingerprint density at radius 2 is 1.84 bits per heavy atom. The van der Waals surface area contributed by atoms with Gasteiger partial charge in [-0.1, -0.05) is 0 Å². The number of hydrogen-bond donors (Lipinski definition) is 1. The number of nitrogens with zero attached hydrogens (tertiary/aromatic N) is 7. The Hall–Kier alpha value is -3.89. The highest BCUT2D eigenvalue weighted by molar-refractivity contribution is 6.01. The minimum atomic E-state index is -0.575. The van der Waals surface area contributed by atoms with Crippen LogP contribution in [0.2, 0.25) is 0 Å². The van der Waals surface area contributed by atoms with Crippen LogP contribution in [0.5, 0.6) is 0 Å². The zero-order chi connectivity index (χ0) is 25.5. The van der Waals surface area contributed by atoms with Crippen LogP contribution in [0.4, 0.5) is 14.5 Å². The van der Waals surface area contributed by atoms with Gasteiger partial charge in [-0.2, -0.15) is 5.10 Å². The van der Waals surface area contributed by atoms with Crippen molar-refractivity contribution in [2.75, 3.05) is 11.4 Å². The first kappa shape index (κ1) is 23.5. The third-order valence-electron chi connectivity index (χ3n) is 7.68. The molecule has 1 amide bonds. The predicted octanol–water partition coefficient (Wildman–Crippen LogP) is 3.93. The van der Waals surface area contributed by atoms with Gasteiger partial charge in [-0.3, -0.25) is 4.79 Å². The molecule has 9 nitrogen and oxygen atoms in total. The minimum Gasteiger partial charge on any atom is -0.364 e. The van der Waals surface area contributed by atoms with E-state index in [9.17, 15) is 13.6 Å². The lowest BCUT2D eigenvalue weighted by Crippen LogP contribution is -2.37. The Morgan fingerprint density at radius 1 is 1.05 bits per heavy atom. The van der Waals surface area contributed by atoms with E-state index in [1.54, 1.807) is 15.4 Å². The number of amides is 1. The van der Waals surface area contributed by atoms with Crippen LogP contribution in [-0.4, -0.2) is 48.3 Å². The smallest absolute Gasteiger partial charge is 0.255 e. The third kappa shape index (κ3) is 4.54. The monoisotopic (exact) mass is 506 g/mol. The van der Waals surface area contributed by atoms with Crippen LogP contribution in [0.15, 0.2) is 42.7 Å². The highest BCUT2D eigenvalue weighted by atomic mass is 19.1. The van der Waals surface area contributed by atoms with Crippen LogP contribution in [-0.2, 0) is 7.05 Å². The number of tetrazole rings is 1. The number of hydrogen-bond acceptors (Lipinski definition) is 6. The molecule has 1 saturated carbocycles. The molecule has 1 aromatic carbocycles. The standard InChI is InChI=1S/C26H28F2N8O/c1-34-25(31-32-33-34)16-4-6-20(7-5-16)30-26(37)22-15-29-36-10-8-21(14-24(22)36)35-9-2-3-23(35)17-11-18(27)13-19(28)12-17/h8,10-16,20,23H,2-7,9H2,1H3,(H,30,37)/t16-,20-,23-/m1/s1. The Labute approximate surface area is 212 Å². The van der Waals surface area contributed by atoms with Crippen LogP contribution < -0.4 is 10.2 Å². The van der Waals surface area contributed by atoms with Crippen molar-refractivity contribution in [2.45, 2.75) is 56.5 Å². The second kappa shape index (κ2) is 9.53. The van der Waals surface area contributed by atoms with Crippen LogP contribution in [0.1, 0.15) is 72.2 Å². The second-order valence-corrected chi connectivity index (χ2v) is 10.0. The van der Waals surface area contributed by atoms with E-state index in [0.29, 0.717) is 22.6 Å². The van der Waals surface area contributed by atoms with E-state index in [4.69, 9.17) is 0 Å². The van der Waals surface area contributed by atoms with Gasteiger partial charge in [0, 0.05) is 43.5 Å². The van der Waals surface area contributed by atoms with E-state index in [0.717, 1.165) is 62.6 Å². The van der Waals surface area contributed by atoms with Crippen molar-refractivity contribution in [3.63, 3.8) is 0 Å². The summed E-state index contributed by atoms with van der Waals surface area (Å²) < 4.78 is 31.2. The third-order valence-corrected chi connectivity index (χ3v) is 7.68. The fraction of sp³-hybridized carbons (Fsp3) is 0.423.